The minimum absolute atomic E-state index is 0.0454. The van der Waals surface area contributed by atoms with E-state index in [1.807, 2.05) is 56.3 Å². The molecule has 0 aliphatic carbocycles. The van der Waals surface area contributed by atoms with E-state index in [9.17, 15) is 4.79 Å². The summed E-state index contributed by atoms with van der Waals surface area (Å²) in [6.45, 7) is 5.98. The zero-order chi connectivity index (χ0) is 16.4. The number of hydrogen-bond acceptors (Lipinski definition) is 2. The van der Waals surface area contributed by atoms with E-state index in [0.717, 1.165) is 22.2 Å². The van der Waals surface area contributed by atoms with Gasteiger partial charge in [-0.2, -0.15) is 0 Å². The maximum Gasteiger partial charge on any atom is 0.252 e. The Morgan fingerprint density at radius 3 is 2.52 bits per heavy atom. The first-order chi connectivity index (χ1) is 11.1. The Hall–Kier alpha value is -2.68. The fraction of sp³-hybridized carbons (Fsp3) is 0.200. The van der Waals surface area contributed by atoms with Crippen molar-refractivity contribution in [3.05, 3.63) is 77.0 Å². The van der Waals surface area contributed by atoms with Gasteiger partial charge in [0.2, 0.25) is 0 Å². The molecule has 0 radical (unpaired) electrons. The van der Waals surface area contributed by atoms with Gasteiger partial charge in [0, 0.05) is 11.1 Å². The molecule has 23 heavy (non-hydrogen) atoms. The van der Waals surface area contributed by atoms with Crippen LogP contribution in [0.15, 0.2) is 54.6 Å². The van der Waals surface area contributed by atoms with E-state index in [0.29, 0.717) is 5.56 Å². The SMILES string of the molecule is Cc1cc(C(=O)NC(C)c2ccccc2C)c2ccccc2n1. The molecule has 0 fully saturated rings. The largest absolute Gasteiger partial charge is 0.345 e. The van der Waals surface area contributed by atoms with Gasteiger partial charge in [-0.1, -0.05) is 42.5 Å². The number of carbonyl (C=O) groups excluding carboxylic acids is 1. The van der Waals surface area contributed by atoms with Crippen LogP contribution in [0.2, 0.25) is 0 Å². The lowest BCUT2D eigenvalue weighted by Gasteiger charge is -2.17. The summed E-state index contributed by atoms with van der Waals surface area (Å²) in [5.41, 5.74) is 4.68. The number of pyridine rings is 1. The molecule has 0 saturated heterocycles. The number of nitrogens with one attached hydrogen (secondary N) is 1. The lowest BCUT2D eigenvalue weighted by molar-refractivity contribution is 0.0941. The first-order valence-electron chi connectivity index (χ1n) is 7.79. The highest BCUT2D eigenvalue weighted by Crippen LogP contribution is 2.21. The molecule has 3 aromatic rings. The molecule has 1 heterocycles. The molecule has 0 aliphatic rings. The van der Waals surface area contributed by atoms with E-state index >= 15 is 0 Å². The predicted octanol–water partition coefficient (Wildman–Crippen LogP) is 4.34. The average molecular weight is 304 g/mol. The molecule has 3 rings (SSSR count). The van der Waals surface area contributed by atoms with Crippen molar-refractivity contribution in [2.75, 3.05) is 0 Å². The highest BCUT2D eigenvalue weighted by atomic mass is 16.1. The van der Waals surface area contributed by atoms with Crippen LogP contribution in [-0.2, 0) is 0 Å². The minimum atomic E-state index is -0.0672. The summed E-state index contributed by atoms with van der Waals surface area (Å²) in [7, 11) is 0. The van der Waals surface area contributed by atoms with Gasteiger partial charge in [-0.05, 0) is 44.0 Å². The molecule has 1 atom stereocenters. The van der Waals surface area contributed by atoms with Gasteiger partial charge in [-0.15, -0.1) is 0 Å². The van der Waals surface area contributed by atoms with E-state index in [1.165, 1.54) is 5.56 Å². The maximum atomic E-state index is 12.8. The monoisotopic (exact) mass is 304 g/mol. The van der Waals surface area contributed by atoms with Crippen molar-refractivity contribution in [2.45, 2.75) is 26.8 Å². The van der Waals surface area contributed by atoms with E-state index in [2.05, 4.69) is 29.4 Å². The van der Waals surface area contributed by atoms with Gasteiger partial charge in [0.05, 0.1) is 17.1 Å². The standard InChI is InChI=1S/C20H20N2O/c1-13-8-4-5-9-16(13)15(3)22-20(23)18-12-14(2)21-19-11-7-6-10-17(18)19/h4-12,15H,1-3H3,(H,22,23). The van der Waals surface area contributed by atoms with Crippen LogP contribution in [0.3, 0.4) is 0 Å². The number of aryl methyl sites for hydroxylation is 2. The van der Waals surface area contributed by atoms with Gasteiger partial charge in [-0.25, -0.2) is 0 Å². The van der Waals surface area contributed by atoms with Crippen LogP contribution in [0.1, 0.15) is 40.1 Å². The fourth-order valence-corrected chi connectivity index (χ4v) is 2.92. The second-order valence-corrected chi connectivity index (χ2v) is 5.88. The third kappa shape index (κ3) is 3.09. The van der Waals surface area contributed by atoms with Crippen molar-refractivity contribution >= 4 is 16.8 Å². The molecule has 0 saturated carbocycles. The molecule has 2 aromatic carbocycles. The van der Waals surface area contributed by atoms with Gasteiger partial charge in [-0.3, -0.25) is 9.78 Å². The van der Waals surface area contributed by atoms with Crippen LogP contribution in [0.4, 0.5) is 0 Å². The van der Waals surface area contributed by atoms with Gasteiger partial charge in [0.15, 0.2) is 0 Å². The maximum absolute atomic E-state index is 12.8. The normalized spacial score (nSPS) is 12.1. The number of rotatable bonds is 3. The zero-order valence-electron chi connectivity index (χ0n) is 13.6. The number of nitrogens with zero attached hydrogens (tertiary/aromatic N) is 1. The molecule has 3 heteroatoms. The first-order valence-corrected chi connectivity index (χ1v) is 7.79. The Labute approximate surface area is 136 Å². The predicted molar refractivity (Wildman–Crippen MR) is 93.5 cm³/mol. The number of aromatic nitrogens is 1. The lowest BCUT2D eigenvalue weighted by Crippen LogP contribution is -2.27. The number of para-hydroxylation sites is 1. The quantitative estimate of drug-likeness (QED) is 0.782. The first kappa shape index (κ1) is 15.2. The van der Waals surface area contributed by atoms with Crippen LogP contribution in [0.25, 0.3) is 10.9 Å². The zero-order valence-corrected chi connectivity index (χ0v) is 13.6. The Morgan fingerprint density at radius 2 is 1.74 bits per heavy atom. The minimum Gasteiger partial charge on any atom is -0.345 e. The number of hydrogen-bond donors (Lipinski definition) is 1. The van der Waals surface area contributed by atoms with Gasteiger partial charge < -0.3 is 5.32 Å². The molecule has 116 valence electrons. The summed E-state index contributed by atoms with van der Waals surface area (Å²) in [6, 6.07) is 17.7. The average Bonchev–Trinajstić information content (AvgIpc) is 2.54. The van der Waals surface area contributed by atoms with Gasteiger partial charge >= 0.3 is 0 Å². The molecule has 0 spiro atoms. The molecule has 3 nitrogen and oxygen atoms in total. The Balaban J connectivity index is 1.94. The molecule has 1 N–H and O–H groups in total. The summed E-state index contributed by atoms with van der Waals surface area (Å²) in [4.78, 5) is 17.3. The second kappa shape index (κ2) is 6.21. The van der Waals surface area contributed by atoms with Crippen LogP contribution in [-0.4, -0.2) is 10.9 Å². The highest BCUT2D eigenvalue weighted by Gasteiger charge is 2.16. The summed E-state index contributed by atoms with van der Waals surface area (Å²) < 4.78 is 0. The number of carbonyl (C=O) groups is 1. The van der Waals surface area contributed by atoms with E-state index in [-0.39, 0.29) is 11.9 Å². The third-order valence-corrected chi connectivity index (χ3v) is 4.09. The number of amides is 1. The molecule has 1 unspecified atom stereocenters. The van der Waals surface area contributed by atoms with Crippen LogP contribution in [0, 0.1) is 13.8 Å². The van der Waals surface area contributed by atoms with Crippen molar-refractivity contribution in [2.24, 2.45) is 0 Å². The van der Waals surface area contributed by atoms with E-state index in [1.54, 1.807) is 0 Å². The van der Waals surface area contributed by atoms with Crippen LogP contribution >= 0.6 is 0 Å². The summed E-state index contributed by atoms with van der Waals surface area (Å²) in [6.07, 6.45) is 0. The van der Waals surface area contributed by atoms with Crippen LogP contribution < -0.4 is 5.32 Å². The van der Waals surface area contributed by atoms with Gasteiger partial charge in [0.1, 0.15) is 0 Å². The Kier molecular flexibility index (Phi) is 4.11. The third-order valence-electron chi connectivity index (χ3n) is 4.09. The second-order valence-electron chi connectivity index (χ2n) is 5.88. The van der Waals surface area contributed by atoms with Gasteiger partial charge in [0.25, 0.3) is 5.91 Å². The molecular weight excluding hydrogens is 284 g/mol. The summed E-state index contributed by atoms with van der Waals surface area (Å²) in [5, 5.41) is 3.99. The molecule has 0 aliphatic heterocycles. The Morgan fingerprint density at radius 1 is 1.04 bits per heavy atom. The van der Waals surface area contributed by atoms with Crippen molar-refractivity contribution < 1.29 is 4.79 Å². The molecule has 1 aromatic heterocycles. The van der Waals surface area contributed by atoms with E-state index < -0.39 is 0 Å². The summed E-state index contributed by atoms with van der Waals surface area (Å²) >= 11 is 0. The van der Waals surface area contributed by atoms with Crippen molar-refractivity contribution in [1.29, 1.82) is 0 Å². The molecule has 0 bridgehead atoms. The van der Waals surface area contributed by atoms with E-state index in [4.69, 9.17) is 0 Å². The van der Waals surface area contributed by atoms with Crippen LogP contribution in [0.5, 0.6) is 0 Å². The molecular formula is C20H20N2O. The summed E-state index contributed by atoms with van der Waals surface area (Å²) in [5.74, 6) is -0.0672. The van der Waals surface area contributed by atoms with Crippen molar-refractivity contribution in [1.82, 2.24) is 10.3 Å². The lowest BCUT2D eigenvalue weighted by atomic mass is 10.0. The number of benzene rings is 2. The van der Waals surface area contributed by atoms with Crippen molar-refractivity contribution in [3.63, 3.8) is 0 Å². The smallest absolute Gasteiger partial charge is 0.252 e. The highest BCUT2D eigenvalue weighted by molar-refractivity contribution is 6.06. The fourth-order valence-electron chi connectivity index (χ4n) is 2.92. The van der Waals surface area contributed by atoms with Crippen molar-refractivity contribution in [3.8, 4) is 0 Å². The molecule has 1 amide bonds. The Bertz CT molecular complexity index is 870. The number of fused-ring (bicyclic) bond motifs is 1. The topological polar surface area (TPSA) is 42.0 Å².